The second kappa shape index (κ2) is 6.11. The van der Waals surface area contributed by atoms with Crippen LogP contribution in [0.2, 0.25) is 5.02 Å². The number of fused-ring (bicyclic) bond motifs is 1. The van der Waals surface area contributed by atoms with Crippen LogP contribution in [0.1, 0.15) is 5.69 Å². The highest BCUT2D eigenvalue weighted by Crippen LogP contribution is 2.28. The molecule has 24 heavy (non-hydrogen) atoms. The first kappa shape index (κ1) is 14.9. The van der Waals surface area contributed by atoms with Gasteiger partial charge in [-0.3, -0.25) is 0 Å². The molecule has 0 aliphatic rings. The van der Waals surface area contributed by atoms with E-state index in [0.29, 0.717) is 11.6 Å². The summed E-state index contributed by atoms with van der Waals surface area (Å²) in [6.45, 7) is 0.400. The Labute approximate surface area is 145 Å². The fourth-order valence-corrected chi connectivity index (χ4v) is 3.11. The van der Waals surface area contributed by atoms with Crippen LogP contribution in [0.4, 0.5) is 0 Å². The number of halogens is 1. The van der Waals surface area contributed by atoms with Gasteiger partial charge >= 0.3 is 0 Å². The molecule has 0 radical (unpaired) electrons. The molecular weight excluding hydrogens is 318 g/mol. The van der Waals surface area contributed by atoms with Crippen molar-refractivity contribution in [2.45, 2.75) is 6.54 Å². The van der Waals surface area contributed by atoms with Gasteiger partial charge in [-0.25, -0.2) is 4.98 Å². The summed E-state index contributed by atoms with van der Waals surface area (Å²) in [4.78, 5) is 4.72. The van der Waals surface area contributed by atoms with Gasteiger partial charge in [-0.1, -0.05) is 66.2 Å². The van der Waals surface area contributed by atoms with Gasteiger partial charge in [-0.2, -0.15) is 0 Å². The van der Waals surface area contributed by atoms with Crippen molar-refractivity contribution in [1.29, 1.82) is 0 Å². The summed E-state index contributed by atoms with van der Waals surface area (Å²) in [5, 5.41) is 0.667. The lowest BCUT2D eigenvalue weighted by Gasteiger charge is -2.05. The minimum absolute atomic E-state index is 0.400. The Balaban J connectivity index is 1.80. The van der Waals surface area contributed by atoms with Crippen molar-refractivity contribution < 1.29 is 0 Å². The Bertz CT molecular complexity index is 989. The minimum Gasteiger partial charge on any atom is -0.325 e. The molecule has 2 heterocycles. The monoisotopic (exact) mass is 333 g/mol. The molecule has 0 saturated carbocycles. The van der Waals surface area contributed by atoms with Crippen molar-refractivity contribution in [3.63, 3.8) is 0 Å². The number of nitrogens with zero attached hydrogens (tertiary/aromatic N) is 2. The quantitative estimate of drug-likeness (QED) is 0.586. The van der Waals surface area contributed by atoms with Gasteiger partial charge in [0, 0.05) is 18.3 Å². The van der Waals surface area contributed by atoms with E-state index >= 15 is 0 Å². The third-order valence-corrected chi connectivity index (χ3v) is 4.36. The molecule has 0 unspecified atom stereocenters. The molecule has 0 spiro atoms. The highest BCUT2D eigenvalue weighted by Gasteiger charge is 2.13. The maximum absolute atomic E-state index is 6.10. The van der Waals surface area contributed by atoms with E-state index in [-0.39, 0.29) is 0 Å². The molecule has 2 N–H and O–H groups in total. The van der Waals surface area contributed by atoms with E-state index in [1.165, 1.54) is 11.1 Å². The van der Waals surface area contributed by atoms with Gasteiger partial charge in [-0.15, -0.1) is 0 Å². The van der Waals surface area contributed by atoms with Crippen LogP contribution in [0.25, 0.3) is 28.0 Å². The predicted molar refractivity (Wildman–Crippen MR) is 99.0 cm³/mol. The number of hydrogen-bond donors (Lipinski definition) is 1. The van der Waals surface area contributed by atoms with Gasteiger partial charge in [0.15, 0.2) is 0 Å². The molecule has 0 atom stereocenters. The SMILES string of the molecule is NCc1c(-c2ccc(-c3ccccc3)cc2)nc2ccc(Cl)cn12. The predicted octanol–water partition coefficient (Wildman–Crippen LogP) is 4.78. The number of hydrogen-bond acceptors (Lipinski definition) is 2. The highest BCUT2D eigenvalue weighted by molar-refractivity contribution is 6.30. The third-order valence-electron chi connectivity index (χ3n) is 4.14. The van der Waals surface area contributed by atoms with E-state index < -0.39 is 0 Å². The van der Waals surface area contributed by atoms with Crippen LogP contribution in [0, 0.1) is 0 Å². The molecule has 3 nitrogen and oxygen atoms in total. The molecule has 0 bridgehead atoms. The zero-order chi connectivity index (χ0) is 16.5. The van der Waals surface area contributed by atoms with Crippen LogP contribution < -0.4 is 5.73 Å². The Hall–Kier alpha value is -2.62. The second-order valence-corrected chi connectivity index (χ2v) is 6.07. The van der Waals surface area contributed by atoms with Crippen LogP contribution in [-0.2, 0) is 6.54 Å². The first-order valence-electron chi connectivity index (χ1n) is 7.78. The number of benzene rings is 2. The van der Waals surface area contributed by atoms with Crippen molar-refractivity contribution in [3.05, 3.63) is 83.6 Å². The van der Waals surface area contributed by atoms with Gasteiger partial charge in [0.05, 0.1) is 16.4 Å². The van der Waals surface area contributed by atoms with E-state index in [1.807, 2.05) is 40.9 Å². The summed E-state index contributed by atoms with van der Waals surface area (Å²) >= 11 is 6.10. The summed E-state index contributed by atoms with van der Waals surface area (Å²) in [5.41, 5.74) is 12.1. The number of pyridine rings is 1. The molecule has 0 aliphatic carbocycles. The lowest BCUT2D eigenvalue weighted by molar-refractivity contribution is 0.962. The number of imidazole rings is 1. The van der Waals surface area contributed by atoms with Gasteiger partial charge in [0.2, 0.25) is 0 Å². The van der Waals surface area contributed by atoms with Crippen molar-refractivity contribution in [3.8, 4) is 22.4 Å². The van der Waals surface area contributed by atoms with Gasteiger partial charge in [0.25, 0.3) is 0 Å². The molecule has 2 aromatic heterocycles. The summed E-state index contributed by atoms with van der Waals surface area (Å²) < 4.78 is 1.96. The van der Waals surface area contributed by atoms with Crippen LogP contribution in [0.15, 0.2) is 72.9 Å². The topological polar surface area (TPSA) is 43.3 Å². The highest BCUT2D eigenvalue weighted by atomic mass is 35.5. The van der Waals surface area contributed by atoms with Gasteiger partial charge in [-0.05, 0) is 23.3 Å². The van der Waals surface area contributed by atoms with Crippen molar-refractivity contribution in [1.82, 2.24) is 9.38 Å². The molecule has 0 fully saturated rings. The second-order valence-electron chi connectivity index (χ2n) is 5.63. The average Bonchev–Trinajstić information content (AvgIpc) is 3.00. The normalized spacial score (nSPS) is 11.1. The average molecular weight is 334 g/mol. The van der Waals surface area contributed by atoms with E-state index in [0.717, 1.165) is 22.6 Å². The van der Waals surface area contributed by atoms with E-state index in [4.69, 9.17) is 22.3 Å². The lowest BCUT2D eigenvalue weighted by atomic mass is 10.0. The Kier molecular flexibility index (Phi) is 3.81. The molecule has 0 saturated heterocycles. The Morgan fingerprint density at radius 1 is 0.833 bits per heavy atom. The first-order chi connectivity index (χ1) is 11.8. The number of rotatable bonds is 3. The molecule has 0 amide bonds. The molecule has 4 rings (SSSR count). The smallest absolute Gasteiger partial charge is 0.137 e. The van der Waals surface area contributed by atoms with Crippen LogP contribution in [0.5, 0.6) is 0 Å². The van der Waals surface area contributed by atoms with Gasteiger partial charge in [0.1, 0.15) is 5.65 Å². The lowest BCUT2D eigenvalue weighted by Crippen LogP contribution is -2.02. The summed E-state index contributed by atoms with van der Waals surface area (Å²) in [5.74, 6) is 0. The van der Waals surface area contributed by atoms with E-state index in [2.05, 4.69) is 36.4 Å². The fraction of sp³-hybridized carbons (Fsp3) is 0.0500. The van der Waals surface area contributed by atoms with Crippen molar-refractivity contribution in [2.24, 2.45) is 5.73 Å². The zero-order valence-electron chi connectivity index (χ0n) is 13.0. The zero-order valence-corrected chi connectivity index (χ0v) is 13.7. The molecule has 0 aliphatic heterocycles. The van der Waals surface area contributed by atoms with Crippen LogP contribution >= 0.6 is 11.6 Å². The number of nitrogens with two attached hydrogens (primary N) is 1. The molecule has 118 valence electrons. The fourth-order valence-electron chi connectivity index (χ4n) is 2.94. The summed E-state index contributed by atoms with van der Waals surface area (Å²) in [6.07, 6.45) is 1.86. The third kappa shape index (κ3) is 2.58. The van der Waals surface area contributed by atoms with E-state index in [9.17, 15) is 0 Å². The molecule has 4 aromatic rings. The first-order valence-corrected chi connectivity index (χ1v) is 8.16. The number of aromatic nitrogens is 2. The molecular formula is C20H16ClN3. The van der Waals surface area contributed by atoms with E-state index in [1.54, 1.807) is 0 Å². The standard InChI is InChI=1S/C20H16ClN3/c21-17-10-11-19-23-20(18(12-22)24(19)13-17)16-8-6-15(7-9-16)14-4-2-1-3-5-14/h1-11,13H,12,22H2. The Morgan fingerprint density at radius 3 is 2.21 bits per heavy atom. The Morgan fingerprint density at radius 2 is 1.50 bits per heavy atom. The summed E-state index contributed by atoms with van der Waals surface area (Å²) in [6, 6.07) is 22.5. The van der Waals surface area contributed by atoms with Crippen LogP contribution in [-0.4, -0.2) is 9.38 Å². The molecule has 4 heteroatoms. The van der Waals surface area contributed by atoms with Crippen molar-refractivity contribution >= 4 is 17.2 Å². The largest absolute Gasteiger partial charge is 0.325 e. The minimum atomic E-state index is 0.400. The maximum Gasteiger partial charge on any atom is 0.137 e. The van der Waals surface area contributed by atoms with Crippen LogP contribution in [0.3, 0.4) is 0 Å². The van der Waals surface area contributed by atoms with Crippen molar-refractivity contribution in [2.75, 3.05) is 0 Å². The molecule has 2 aromatic carbocycles. The summed E-state index contributed by atoms with van der Waals surface area (Å²) in [7, 11) is 0. The maximum atomic E-state index is 6.10. The van der Waals surface area contributed by atoms with Gasteiger partial charge < -0.3 is 10.1 Å².